The number of hydrogen-bond donors (Lipinski definition) is 1. The molecule has 0 aliphatic carbocycles. The molecule has 0 saturated heterocycles. The standard InChI is InChI=1S/C16H25N3O2/c1-16(17,15(20)21-3)9-6-10-19-12-11-18(2)13-7-4-5-8-14(13)19/h4-5,7-8H,6,9-12,17H2,1-3H3. The fourth-order valence-corrected chi connectivity index (χ4v) is 2.77. The predicted molar refractivity (Wildman–Crippen MR) is 85.8 cm³/mol. The van der Waals surface area contributed by atoms with Crippen molar-refractivity contribution in [2.75, 3.05) is 43.6 Å². The third-order valence-corrected chi connectivity index (χ3v) is 4.11. The number of ether oxygens (including phenoxy) is 1. The van der Waals surface area contributed by atoms with Crippen LogP contribution in [-0.4, -0.2) is 45.3 Å². The molecule has 0 fully saturated rings. The molecule has 1 aromatic carbocycles. The molecule has 0 aromatic heterocycles. The quantitative estimate of drug-likeness (QED) is 0.835. The Labute approximate surface area is 126 Å². The summed E-state index contributed by atoms with van der Waals surface area (Å²) in [6.07, 6.45) is 1.48. The lowest BCUT2D eigenvalue weighted by Gasteiger charge is -2.37. The lowest BCUT2D eigenvalue weighted by atomic mass is 9.97. The Kier molecular flexibility index (Phi) is 4.73. The van der Waals surface area contributed by atoms with Gasteiger partial charge < -0.3 is 20.3 Å². The Bertz CT molecular complexity index is 502. The molecule has 2 rings (SSSR count). The van der Waals surface area contributed by atoms with Gasteiger partial charge in [-0.25, -0.2) is 0 Å². The molecule has 5 heteroatoms. The number of likely N-dealkylation sites (N-methyl/N-ethyl adjacent to an activating group) is 1. The van der Waals surface area contributed by atoms with E-state index in [1.165, 1.54) is 18.5 Å². The second-order valence-electron chi connectivity index (χ2n) is 5.91. The van der Waals surface area contributed by atoms with Crippen LogP contribution in [0.15, 0.2) is 24.3 Å². The maximum absolute atomic E-state index is 11.6. The van der Waals surface area contributed by atoms with Crippen LogP contribution < -0.4 is 15.5 Å². The smallest absolute Gasteiger partial charge is 0.325 e. The number of hydrogen-bond acceptors (Lipinski definition) is 5. The van der Waals surface area contributed by atoms with Gasteiger partial charge in [-0.15, -0.1) is 0 Å². The first-order valence-electron chi connectivity index (χ1n) is 7.38. The number of benzene rings is 1. The molecule has 1 aromatic rings. The van der Waals surface area contributed by atoms with E-state index in [0.29, 0.717) is 6.42 Å². The predicted octanol–water partition coefficient (Wildman–Crippen LogP) is 1.61. The van der Waals surface area contributed by atoms with Gasteiger partial charge in [-0.1, -0.05) is 12.1 Å². The van der Waals surface area contributed by atoms with Crippen LogP contribution in [0.25, 0.3) is 0 Å². The fourth-order valence-electron chi connectivity index (χ4n) is 2.77. The summed E-state index contributed by atoms with van der Waals surface area (Å²) >= 11 is 0. The molecular formula is C16H25N3O2. The van der Waals surface area contributed by atoms with Crippen LogP contribution in [0.2, 0.25) is 0 Å². The van der Waals surface area contributed by atoms with E-state index in [0.717, 1.165) is 26.1 Å². The van der Waals surface area contributed by atoms with Crippen molar-refractivity contribution in [1.82, 2.24) is 0 Å². The minimum absolute atomic E-state index is 0.346. The molecule has 0 amide bonds. The number of nitrogens with zero attached hydrogens (tertiary/aromatic N) is 2. The average molecular weight is 291 g/mol. The van der Waals surface area contributed by atoms with Crippen molar-refractivity contribution in [3.8, 4) is 0 Å². The number of carbonyl (C=O) groups excluding carboxylic acids is 1. The molecule has 1 aliphatic rings. The summed E-state index contributed by atoms with van der Waals surface area (Å²) in [5.74, 6) is -0.346. The fraction of sp³-hybridized carbons (Fsp3) is 0.562. The van der Waals surface area contributed by atoms with Crippen LogP contribution in [0.1, 0.15) is 19.8 Å². The molecule has 1 unspecified atom stereocenters. The highest BCUT2D eigenvalue weighted by molar-refractivity contribution is 5.79. The van der Waals surface area contributed by atoms with Crippen molar-refractivity contribution < 1.29 is 9.53 Å². The normalized spacial score (nSPS) is 17.1. The molecule has 1 atom stereocenters. The number of fused-ring (bicyclic) bond motifs is 1. The first kappa shape index (κ1) is 15.6. The molecule has 2 N–H and O–H groups in total. The molecule has 0 bridgehead atoms. The topological polar surface area (TPSA) is 58.8 Å². The molecule has 21 heavy (non-hydrogen) atoms. The van der Waals surface area contributed by atoms with Gasteiger partial charge in [0.1, 0.15) is 5.54 Å². The van der Waals surface area contributed by atoms with E-state index in [-0.39, 0.29) is 5.97 Å². The first-order chi connectivity index (χ1) is 9.95. The largest absolute Gasteiger partial charge is 0.468 e. The lowest BCUT2D eigenvalue weighted by molar-refractivity contribution is -0.146. The summed E-state index contributed by atoms with van der Waals surface area (Å²) in [6.45, 7) is 4.63. The molecule has 0 radical (unpaired) electrons. The van der Waals surface area contributed by atoms with E-state index >= 15 is 0 Å². The van der Waals surface area contributed by atoms with Gasteiger partial charge in [0.25, 0.3) is 0 Å². The van der Waals surface area contributed by atoms with Gasteiger partial charge >= 0.3 is 5.97 Å². The molecule has 1 heterocycles. The zero-order valence-corrected chi connectivity index (χ0v) is 13.1. The molecule has 0 saturated carbocycles. The molecular weight excluding hydrogens is 266 g/mol. The lowest BCUT2D eigenvalue weighted by Crippen LogP contribution is -2.46. The highest BCUT2D eigenvalue weighted by atomic mass is 16.5. The van der Waals surface area contributed by atoms with Crippen molar-refractivity contribution in [2.24, 2.45) is 5.73 Å². The van der Waals surface area contributed by atoms with Crippen molar-refractivity contribution in [1.29, 1.82) is 0 Å². The Morgan fingerprint density at radius 2 is 2.00 bits per heavy atom. The summed E-state index contributed by atoms with van der Waals surface area (Å²) in [5.41, 5.74) is 7.61. The third-order valence-electron chi connectivity index (χ3n) is 4.11. The van der Waals surface area contributed by atoms with Gasteiger partial charge in [0, 0.05) is 26.7 Å². The molecule has 5 nitrogen and oxygen atoms in total. The number of esters is 1. The monoisotopic (exact) mass is 291 g/mol. The number of para-hydroxylation sites is 2. The van der Waals surface area contributed by atoms with Crippen LogP contribution in [0.4, 0.5) is 11.4 Å². The van der Waals surface area contributed by atoms with Gasteiger partial charge in [0.2, 0.25) is 0 Å². The van der Waals surface area contributed by atoms with Crippen molar-refractivity contribution >= 4 is 17.3 Å². The highest BCUT2D eigenvalue weighted by Crippen LogP contribution is 2.31. The zero-order valence-electron chi connectivity index (χ0n) is 13.1. The van der Waals surface area contributed by atoms with Gasteiger partial charge in [-0.2, -0.15) is 0 Å². The average Bonchev–Trinajstić information content (AvgIpc) is 2.49. The summed E-state index contributed by atoms with van der Waals surface area (Å²) < 4.78 is 4.74. The second-order valence-corrected chi connectivity index (χ2v) is 5.91. The Morgan fingerprint density at radius 1 is 1.33 bits per heavy atom. The van der Waals surface area contributed by atoms with Gasteiger partial charge in [0.05, 0.1) is 18.5 Å². The minimum Gasteiger partial charge on any atom is -0.468 e. The van der Waals surface area contributed by atoms with Crippen molar-refractivity contribution in [3.63, 3.8) is 0 Å². The first-order valence-corrected chi connectivity index (χ1v) is 7.38. The van der Waals surface area contributed by atoms with Crippen molar-refractivity contribution in [2.45, 2.75) is 25.3 Å². The van der Waals surface area contributed by atoms with Crippen LogP contribution in [0, 0.1) is 0 Å². The van der Waals surface area contributed by atoms with E-state index in [1.54, 1.807) is 6.92 Å². The Hall–Kier alpha value is -1.75. The minimum atomic E-state index is -0.902. The summed E-state index contributed by atoms with van der Waals surface area (Å²) in [6, 6.07) is 8.41. The molecule has 1 aliphatic heterocycles. The number of anilines is 2. The maximum Gasteiger partial charge on any atom is 0.325 e. The van der Waals surface area contributed by atoms with E-state index < -0.39 is 5.54 Å². The van der Waals surface area contributed by atoms with Crippen LogP contribution in [-0.2, 0) is 9.53 Å². The van der Waals surface area contributed by atoms with E-state index in [9.17, 15) is 4.79 Å². The number of rotatable bonds is 5. The van der Waals surface area contributed by atoms with Crippen LogP contribution in [0.5, 0.6) is 0 Å². The maximum atomic E-state index is 11.6. The zero-order chi connectivity index (χ0) is 15.5. The highest BCUT2D eigenvalue weighted by Gasteiger charge is 2.29. The third kappa shape index (κ3) is 3.47. The number of methoxy groups -OCH3 is 1. The summed E-state index contributed by atoms with van der Waals surface area (Å²) in [7, 11) is 3.49. The second kappa shape index (κ2) is 6.35. The van der Waals surface area contributed by atoms with Gasteiger partial charge in [-0.3, -0.25) is 4.79 Å². The van der Waals surface area contributed by atoms with Crippen LogP contribution in [0.3, 0.4) is 0 Å². The molecule has 0 spiro atoms. The summed E-state index contributed by atoms with van der Waals surface area (Å²) in [5, 5.41) is 0. The van der Waals surface area contributed by atoms with E-state index in [4.69, 9.17) is 10.5 Å². The van der Waals surface area contributed by atoms with E-state index in [2.05, 4.69) is 41.1 Å². The van der Waals surface area contributed by atoms with Crippen molar-refractivity contribution in [3.05, 3.63) is 24.3 Å². The van der Waals surface area contributed by atoms with Gasteiger partial charge in [0.15, 0.2) is 0 Å². The Morgan fingerprint density at radius 3 is 2.67 bits per heavy atom. The summed E-state index contributed by atoms with van der Waals surface area (Å²) in [4.78, 5) is 16.2. The Balaban J connectivity index is 1.96. The number of carbonyl (C=O) groups is 1. The van der Waals surface area contributed by atoms with Gasteiger partial charge in [-0.05, 0) is 31.9 Å². The SMILES string of the molecule is COC(=O)C(C)(N)CCCN1CCN(C)c2ccccc21. The number of nitrogens with two attached hydrogens (primary N) is 1. The molecule has 116 valence electrons. The van der Waals surface area contributed by atoms with E-state index in [1.807, 2.05) is 0 Å². The van der Waals surface area contributed by atoms with Crippen LogP contribution >= 0.6 is 0 Å².